The second-order valence-corrected chi connectivity index (χ2v) is 9.20. The molecule has 1 saturated heterocycles. The van der Waals surface area contributed by atoms with E-state index in [2.05, 4.69) is 29.4 Å². The first-order chi connectivity index (χ1) is 15.2. The zero-order chi connectivity index (χ0) is 23.3. The van der Waals surface area contributed by atoms with Crippen molar-refractivity contribution in [3.8, 4) is 0 Å². The zero-order valence-corrected chi connectivity index (χ0v) is 20.2. The number of benzene rings is 2. The van der Waals surface area contributed by atoms with Gasteiger partial charge in [0.25, 0.3) is 5.91 Å². The first-order valence-electron chi connectivity index (χ1n) is 10.7. The quantitative estimate of drug-likeness (QED) is 0.628. The maximum absolute atomic E-state index is 12.4. The van der Waals surface area contributed by atoms with Crippen LogP contribution in [0.5, 0.6) is 0 Å². The van der Waals surface area contributed by atoms with E-state index in [-0.39, 0.29) is 16.9 Å². The van der Waals surface area contributed by atoms with Crippen molar-refractivity contribution >= 4 is 52.1 Å². The molecule has 2 aromatic rings. The van der Waals surface area contributed by atoms with Crippen LogP contribution >= 0.6 is 23.8 Å². The van der Waals surface area contributed by atoms with Crippen molar-refractivity contribution in [3.63, 3.8) is 0 Å². The number of rotatable bonds is 5. The molecular formula is C24H29ClN4O2S. The van der Waals surface area contributed by atoms with Gasteiger partial charge in [0.1, 0.15) is 0 Å². The average Bonchev–Trinajstić information content (AvgIpc) is 2.75. The molecule has 0 spiro atoms. The minimum Gasteiger partial charge on any atom is -0.368 e. The summed E-state index contributed by atoms with van der Waals surface area (Å²) in [5.74, 6) is 0.305. The lowest BCUT2D eigenvalue weighted by Crippen LogP contribution is -2.49. The van der Waals surface area contributed by atoms with Crippen LogP contribution in [0.25, 0.3) is 0 Å². The largest absolute Gasteiger partial charge is 0.368 e. The number of nitrogens with one attached hydrogen (secondary N) is 2. The Balaban J connectivity index is 1.50. The molecule has 1 aliphatic heterocycles. The third-order valence-corrected chi connectivity index (χ3v) is 5.98. The molecule has 170 valence electrons. The van der Waals surface area contributed by atoms with Crippen molar-refractivity contribution in [2.45, 2.75) is 27.2 Å². The number of hydrogen-bond acceptors (Lipinski definition) is 4. The van der Waals surface area contributed by atoms with Crippen LogP contribution in [0.15, 0.2) is 42.5 Å². The fourth-order valence-electron chi connectivity index (χ4n) is 3.52. The van der Waals surface area contributed by atoms with Gasteiger partial charge in [0.2, 0.25) is 5.91 Å². The highest BCUT2D eigenvalue weighted by Gasteiger charge is 2.21. The molecule has 0 aliphatic carbocycles. The molecule has 3 rings (SSSR count). The Morgan fingerprint density at radius 2 is 1.72 bits per heavy atom. The van der Waals surface area contributed by atoms with Crippen LogP contribution in [0.2, 0.25) is 5.02 Å². The zero-order valence-electron chi connectivity index (χ0n) is 18.7. The lowest BCUT2D eigenvalue weighted by molar-refractivity contribution is -0.132. The maximum atomic E-state index is 12.4. The molecular weight excluding hydrogens is 444 g/mol. The highest BCUT2D eigenvalue weighted by atomic mass is 35.5. The summed E-state index contributed by atoms with van der Waals surface area (Å²) >= 11 is 11.4. The van der Waals surface area contributed by atoms with Crippen LogP contribution in [-0.2, 0) is 4.79 Å². The van der Waals surface area contributed by atoms with Gasteiger partial charge < -0.3 is 15.1 Å². The number of aryl methyl sites for hydroxylation is 1. The van der Waals surface area contributed by atoms with Gasteiger partial charge >= 0.3 is 0 Å². The summed E-state index contributed by atoms with van der Waals surface area (Å²) in [6, 6.07) is 13.0. The van der Waals surface area contributed by atoms with Crippen LogP contribution in [0, 0.1) is 12.8 Å². The number of amides is 2. The number of anilines is 2. The Labute approximate surface area is 199 Å². The highest BCUT2D eigenvalue weighted by molar-refractivity contribution is 7.80. The van der Waals surface area contributed by atoms with Crippen molar-refractivity contribution in [2.75, 3.05) is 36.4 Å². The van der Waals surface area contributed by atoms with Gasteiger partial charge in [0.05, 0.1) is 0 Å². The summed E-state index contributed by atoms with van der Waals surface area (Å²) in [4.78, 5) is 28.8. The Hall–Kier alpha value is -2.64. The van der Waals surface area contributed by atoms with Crippen molar-refractivity contribution in [1.82, 2.24) is 10.2 Å². The lowest BCUT2D eigenvalue weighted by Gasteiger charge is -2.36. The van der Waals surface area contributed by atoms with Crippen LogP contribution in [-0.4, -0.2) is 48.0 Å². The number of hydrogen-bond donors (Lipinski definition) is 2. The van der Waals surface area contributed by atoms with Crippen LogP contribution in [0.1, 0.15) is 36.2 Å². The van der Waals surface area contributed by atoms with E-state index in [9.17, 15) is 9.59 Å². The fourth-order valence-corrected chi connectivity index (χ4v) is 3.91. The van der Waals surface area contributed by atoms with E-state index in [0.717, 1.165) is 43.1 Å². The van der Waals surface area contributed by atoms with Crippen LogP contribution in [0.4, 0.5) is 11.4 Å². The van der Waals surface area contributed by atoms with Gasteiger partial charge in [-0.15, -0.1) is 0 Å². The number of nitrogens with zero attached hydrogens (tertiary/aromatic N) is 2. The van der Waals surface area contributed by atoms with Crippen LogP contribution < -0.4 is 15.5 Å². The summed E-state index contributed by atoms with van der Waals surface area (Å²) in [7, 11) is 0. The molecule has 1 fully saturated rings. The van der Waals surface area contributed by atoms with E-state index in [0.29, 0.717) is 22.9 Å². The van der Waals surface area contributed by atoms with Crippen molar-refractivity contribution < 1.29 is 9.59 Å². The summed E-state index contributed by atoms with van der Waals surface area (Å²) in [5.41, 5.74) is 3.24. The van der Waals surface area contributed by atoms with Crippen molar-refractivity contribution in [2.24, 2.45) is 5.92 Å². The molecule has 0 unspecified atom stereocenters. The third-order valence-electron chi connectivity index (χ3n) is 5.37. The van der Waals surface area contributed by atoms with E-state index >= 15 is 0 Å². The molecule has 0 bridgehead atoms. The van der Waals surface area contributed by atoms with Gasteiger partial charge in [-0.05, 0) is 67.0 Å². The first-order valence-corrected chi connectivity index (χ1v) is 11.5. The van der Waals surface area contributed by atoms with Crippen molar-refractivity contribution in [3.05, 3.63) is 58.6 Å². The van der Waals surface area contributed by atoms with Crippen LogP contribution in [0.3, 0.4) is 0 Å². The van der Waals surface area contributed by atoms with Crippen molar-refractivity contribution in [1.29, 1.82) is 0 Å². The van der Waals surface area contributed by atoms with E-state index in [1.807, 2.05) is 36.1 Å². The topological polar surface area (TPSA) is 64.7 Å². The van der Waals surface area contributed by atoms with Gasteiger partial charge in [0, 0.05) is 54.6 Å². The predicted octanol–water partition coefficient (Wildman–Crippen LogP) is 4.47. The summed E-state index contributed by atoms with van der Waals surface area (Å²) in [6.07, 6.45) is 0.605. The molecule has 2 N–H and O–H groups in total. The second-order valence-electron chi connectivity index (χ2n) is 8.38. The third kappa shape index (κ3) is 6.43. The monoisotopic (exact) mass is 472 g/mol. The summed E-state index contributed by atoms with van der Waals surface area (Å²) in [5, 5.41) is 6.47. The minimum atomic E-state index is -0.314. The Kier molecular flexibility index (Phi) is 8.10. The highest BCUT2D eigenvalue weighted by Crippen LogP contribution is 2.20. The van der Waals surface area contributed by atoms with E-state index in [1.54, 1.807) is 18.2 Å². The molecule has 0 atom stereocenters. The summed E-state index contributed by atoms with van der Waals surface area (Å²) in [6.45, 7) is 9.12. The predicted molar refractivity (Wildman–Crippen MR) is 135 cm³/mol. The molecule has 2 amide bonds. The molecule has 1 aliphatic rings. The molecule has 0 aromatic heterocycles. The normalized spacial score (nSPS) is 13.8. The fraction of sp³-hybridized carbons (Fsp3) is 0.375. The van der Waals surface area contributed by atoms with E-state index in [1.165, 1.54) is 0 Å². The molecule has 2 aromatic carbocycles. The lowest BCUT2D eigenvalue weighted by atomic mass is 10.1. The number of halogens is 1. The van der Waals surface area contributed by atoms with E-state index < -0.39 is 0 Å². The Bertz CT molecular complexity index is 986. The van der Waals surface area contributed by atoms with Gasteiger partial charge in [-0.25, -0.2) is 0 Å². The number of thiocarbonyl (C=S) groups is 1. The minimum absolute atomic E-state index is 0.219. The summed E-state index contributed by atoms with van der Waals surface area (Å²) < 4.78 is 0. The van der Waals surface area contributed by atoms with Gasteiger partial charge in [-0.1, -0.05) is 31.5 Å². The molecule has 6 nitrogen and oxygen atoms in total. The maximum Gasteiger partial charge on any atom is 0.257 e. The Morgan fingerprint density at radius 3 is 2.31 bits per heavy atom. The second kappa shape index (κ2) is 10.8. The molecule has 8 heteroatoms. The van der Waals surface area contributed by atoms with Gasteiger partial charge in [-0.3, -0.25) is 14.9 Å². The number of piperazine rings is 1. The van der Waals surface area contributed by atoms with Gasteiger partial charge in [0.15, 0.2) is 5.11 Å². The molecule has 32 heavy (non-hydrogen) atoms. The smallest absolute Gasteiger partial charge is 0.257 e. The standard InChI is InChI=1S/C24H29ClN4O2S/c1-16(2)14-22(30)29-12-10-28(11-13-29)20-8-6-19(7-9-20)26-24(32)27-23(31)18-5-4-17(3)21(25)15-18/h4-9,15-16H,10-14H2,1-3H3,(H2,26,27,31,32). The average molecular weight is 473 g/mol. The van der Waals surface area contributed by atoms with E-state index in [4.69, 9.17) is 23.8 Å². The number of carbonyl (C=O) groups excluding carboxylic acids is 2. The molecule has 0 saturated carbocycles. The molecule has 0 radical (unpaired) electrons. The first kappa shape index (κ1) is 24.0. The number of carbonyl (C=O) groups is 2. The Morgan fingerprint density at radius 1 is 1.06 bits per heavy atom. The molecule has 1 heterocycles. The SMILES string of the molecule is Cc1ccc(C(=O)NC(=S)Nc2ccc(N3CCN(C(=O)CC(C)C)CC3)cc2)cc1Cl. The van der Waals surface area contributed by atoms with Gasteiger partial charge in [-0.2, -0.15) is 0 Å².